The Balaban J connectivity index is 0.00000264. The molecule has 0 radical (unpaired) electrons. The highest BCUT2D eigenvalue weighted by atomic mass is 127. The number of rotatable bonds is 8. The largest absolute Gasteiger partial charge is 0.379 e. The SMILES string of the molecule is CCNC(=NCc1cc(Cl)c(Cl)n1C)NCCOCC1CC1.I. The molecule has 1 heterocycles. The predicted octanol–water partition coefficient (Wildman–Crippen LogP) is 3.43. The van der Waals surface area contributed by atoms with Gasteiger partial charge in [-0.2, -0.15) is 0 Å². The summed E-state index contributed by atoms with van der Waals surface area (Å²) in [6.07, 6.45) is 2.64. The fourth-order valence-corrected chi connectivity index (χ4v) is 2.43. The van der Waals surface area contributed by atoms with Crippen molar-refractivity contribution in [3.05, 3.63) is 21.9 Å². The van der Waals surface area contributed by atoms with E-state index in [1.165, 1.54) is 12.8 Å². The lowest BCUT2D eigenvalue weighted by Crippen LogP contribution is -2.39. The Morgan fingerprint density at radius 1 is 1.39 bits per heavy atom. The summed E-state index contributed by atoms with van der Waals surface area (Å²) in [7, 11) is 1.88. The molecule has 1 aliphatic rings. The molecule has 0 aromatic carbocycles. The number of aromatic nitrogens is 1. The molecule has 2 N–H and O–H groups in total. The van der Waals surface area contributed by atoms with E-state index in [0.29, 0.717) is 23.3 Å². The van der Waals surface area contributed by atoms with Gasteiger partial charge < -0.3 is 19.9 Å². The standard InChI is InChI=1S/C15H24Cl2N4O.HI/c1-3-18-15(19-6-7-22-10-11-4-5-11)20-9-12-8-13(16)14(17)21(12)2;/h8,11H,3-7,9-10H2,1-2H3,(H2,18,19,20);1H. The normalized spacial score (nSPS) is 14.5. The first kappa shape index (κ1) is 20.9. The summed E-state index contributed by atoms with van der Waals surface area (Å²) >= 11 is 12.1. The summed E-state index contributed by atoms with van der Waals surface area (Å²) in [4.78, 5) is 4.54. The van der Waals surface area contributed by atoms with E-state index in [4.69, 9.17) is 27.9 Å². The number of ether oxygens (including phenoxy) is 1. The zero-order chi connectivity index (χ0) is 15.9. The van der Waals surface area contributed by atoms with Gasteiger partial charge in [-0.15, -0.1) is 24.0 Å². The third kappa shape index (κ3) is 7.07. The van der Waals surface area contributed by atoms with Crippen LogP contribution in [0.5, 0.6) is 0 Å². The summed E-state index contributed by atoms with van der Waals surface area (Å²) in [6, 6.07) is 1.84. The zero-order valence-electron chi connectivity index (χ0n) is 13.6. The maximum Gasteiger partial charge on any atom is 0.191 e. The van der Waals surface area contributed by atoms with Gasteiger partial charge in [0.2, 0.25) is 0 Å². The van der Waals surface area contributed by atoms with Crippen molar-refractivity contribution in [2.45, 2.75) is 26.3 Å². The molecule has 1 fully saturated rings. The van der Waals surface area contributed by atoms with Crippen LogP contribution in [0.1, 0.15) is 25.5 Å². The second-order valence-electron chi connectivity index (χ2n) is 5.47. The monoisotopic (exact) mass is 474 g/mol. The third-order valence-electron chi connectivity index (χ3n) is 3.55. The first-order valence-electron chi connectivity index (χ1n) is 7.71. The van der Waals surface area contributed by atoms with E-state index in [9.17, 15) is 0 Å². The van der Waals surface area contributed by atoms with Crippen molar-refractivity contribution >= 4 is 53.1 Å². The molecule has 0 saturated heterocycles. The van der Waals surface area contributed by atoms with Crippen LogP contribution >= 0.6 is 47.2 Å². The molecule has 5 nitrogen and oxygen atoms in total. The van der Waals surface area contributed by atoms with Crippen molar-refractivity contribution in [3.8, 4) is 0 Å². The van der Waals surface area contributed by atoms with Gasteiger partial charge in [0.15, 0.2) is 5.96 Å². The van der Waals surface area contributed by atoms with Crippen LogP contribution in [0, 0.1) is 5.92 Å². The van der Waals surface area contributed by atoms with Gasteiger partial charge in [0.05, 0.1) is 18.2 Å². The van der Waals surface area contributed by atoms with Gasteiger partial charge >= 0.3 is 0 Å². The van der Waals surface area contributed by atoms with Crippen LogP contribution < -0.4 is 10.6 Å². The molecule has 0 spiro atoms. The van der Waals surface area contributed by atoms with Crippen LogP contribution in [0.3, 0.4) is 0 Å². The van der Waals surface area contributed by atoms with Crippen molar-refractivity contribution in [1.29, 1.82) is 0 Å². The van der Waals surface area contributed by atoms with Crippen molar-refractivity contribution in [3.63, 3.8) is 0 Å². The molecule has 23 heavy (non-hydrogen) atoms. The van der Waals surface area contributed by atoms with Crippen LogP contribution in [0.25, 0.3) is 0 Å². The highest BCUT2D eigenvalue weighted by Crippen LogP contribution is 2.28. The molecular formula is C15H25Cl2IN4O. The van der Waals surface area contributed by atoms with Gasteiger partial charge in [-0.25, -0.2) is 4.99 Å². The number of halogens is 3. The fraction of sp³-hybridized carbons (Fsp3) is 0.667. The average Bonchev–Trinajstić information content (AvgIpc) is 3.29. The number of nitrogens with zero attached hydrogens (tertiary/aromatic N) is 2. The van der Waals surface area contributed by atoms with Crippen molar-refractivity contribution < 1.29 is 4.74 Å². The van der Waals surface area contributed by atoms with E-state index in [2.05, 4.69) is 15.6 Å². The minimum Gasteiger partial charge on any atom is -0.379 e. The van der Waals surface area contributed by atoms with Gasteiger partial charge in [0, 0.05) is 32.4 Å². The lowest BCUT2D eigenvalue weighted by Gasteiger charge is -2.11. The van der Waals surface area contributed by atoms with E-state index in [0.717, 1.165) is 37.3 Å². The van der Waals surface area contributed by atoms with Crippen LogP contribution in [0.15, 0.2) is 11.1 Å². The molecule has 0 bridgehead atoms. The summed E-state index contributed by atoms with van der Waals surface area (Å²) in [6.45, 7) is 5.69. The second-order valence-corrected chi connectivity index (χ2v) is 6.24. The Morgan fingerprint density at radius 2 is 2.13 bits per heavy atom. The van der Waals surface area contributed by atoms with Crippen LogP contribution in [-0.4, -0.2) is 36.8 Å². The van der Waals surface area contributed by atoms with Gasteiger partial charge in [0.1, 0.15) is 5.15 Å². The second kappa shape index (κ2) is 10.6. The topological polar surface area (TPSA) is 50.6 Å². The smallest absolute Gasteiger partial charge is 0.191 e. The number of hydrogen-bond acceptors (Lipinski definition) is 2. The quantitative estimate of drug-likeness (QED) is 0.262. The first-order chi connectivity index (χ1) is 10.6. The third-order valence-corrected chi connectivity index (χ3v) is 4.39. The molecule has 2 rings (SSSR count). The molecule has 1 aliphatic carbocycles. The Morgan fingerprint density at radius 3 is 2.70 bits per heavy atom. The Hall–Kier alpha value is -0.180. The van der Waals surface area contributed by atoms with Gasteiger partial charge in [-0.05, 0) is 31.7 Å². The van der Waals surface area contributed by atoms with E-state index in [-0.39, 0.29) is 24.0 Å². The van der Waals surface area contributed by atoms with E-state index in [1.807, 2.05) is 24.6 Å². The van der Waals surface area contributed by atoms with Crippen LogP contribution in [0.4, 0.5) is 0 Å². The average molecular weight is 475 g/mol. The zero-order valence-corrected chi connectivity index (χ0v) is 17.4. The Kier molecular flexibility index (Phi) is 9.65. The number of aliphatic imine (C=N–C) groups is 1. The molecule has 0 atom stereocenters. The highest BCUT2D eigenvalue weighted by Gasteiger charge is 2.20. The van der Waals surface area contributed by atoms with Gasteiger partial charge in [-0.3, -0.25) is 0 Å². The van der Waals surface area contributed by atoms with E-state index < -0.39 is 0 Å². The van der Waals surface area contributed by atoms with Gasteiger partial charge in [0.25, 0.3) is 0 Å². The summed E-state index contributed by atoms with van der Waals surface area (Å²) in [5.74, 6) is 1.57. The van der Waals surface area contributed by atoms with Crippen LogP contribution in [-0.2, 0) is 18.3 Å². The predicted molar refractivity (Wildman–Crippen MR) is 107 cm³/mol. The minimum atomic E-state index is 0. The van der Waals surface area contributed by atoms with E-state index in [1.54, 1.807) is 0 Å². The van der Waals surface area contributed by atoms with Gasteiger partial charge in [-0.1, -0.05) is 23.2 Å². The molecular weight excluding hydrogens is 450 g/mol. The van der Waals surface area contributed by atoms with Crippen molar-refractivity contribution in [2.24, 2.45) is 18.0 Å². The van der Waals surface area contributed by atoms with Crippen molar-refractivity contribution in [1.82, 2.24) is 15.2 Å². The summed E-state index contributed by atoms with van der Waals surface area (Å²) < 4.78 is 7.45. The number of guanidine groups is 1. The molecule has 132 valence electrons. The van der Waals surface area contributed by atoms with Crippen molar-refractivity contribution in [2.75, 3.05) is 26.3 Å². The lowest BCUT2D eigenvalue weighted by atomic mass is 10.4. The summed E-state index contributed by atoms with van der Waals surface area (Å²) in [5, 5.41) is 7.57. The molecule has 1 aromatic heterocycles. The maximum atomic E-state index is 6.06. The molecule has 8 heteroatoms. The Bertz CT molecular complexity index is 518. The first-order valence-corrected chi connectivity index (χ1v) is 8.47. The molecule has 1 saturated carbocycles. The fourth-order valence-electron chi connectivity index (χ4n) is 2.02. The Labute approximate surface area is 165 Å². The number of nitrogens with one attached hydrogen (secondary N) is 2. The molecule has 0 unspecified atom stereocenters. The van der Waals surface area contributed by atoms with E-state index >= 15 is 0 Å². The maximum absolute atomic E-state index is 6.06. The lowest BCUT2D eigenvalue weighted by molar-refractivity contribution is 0.129. The molecule has 0 aliphatic heterocycles. The molecule has 1 aromatic rings. The number of hydrogen-bond donors (Lipinski definition) is 2. The summed E-state index contributed by atoms with van der Waals surface area (Å²) in [5.41, 5.74) is 0.970. The highest BCUT2D eigenvalue weighted by molar-refractivity contribution is 14.0. The van der Waals surface area contributed by atoms with Crippen LogP contribution in [0.2, 0.25) is 10.2 Å². The molecule has 0 amide bonds. The minimum absolute atomic E-state index is 0.